The number of benzene rings is 1. The van der Waals surface area contributed by atoms with Gasteiger partial charge in [0.2, 0.25) is 0 Å². The van der Waals surface area contributed by atoms with Crippen molar-refractivity contribution in [1.29, 1.82) is 0 Å². The predicted molar refractivity (Wildman–Crippen MR) is 56.8 cm³/mol. The van der Waals surface area contributed by atoms with Gasteiger partial charge in [0.15, 0.2) is 0 Å². The number of hydrogen-bond acceptors (Lipinski definition) is 4. The second-order valence-electron chi connectivity index (χ2n) is 2.83. The van der Waals surface area contributed by atoms with Gasteiger partial charge in [0.1, 0.15) is 0 Å². The molecule has 0 spiro atoms. The Morgan fingerprint density at radius 3 is 2.69 bits per heavy atom. The molecule has 0 fully saturated rings. The van der Waals surface area contributed by atoms with Crippen LogP contribution in [0.5, 0.6) is 0 Å². The first kappa shape index (κ1) is 12.0. The molecule has 0 bridgehead atoms. The van der Waals surface area contributed by atoms with Crippen LogP contribution in [0.1, 0.15) is 15.9 Å². The van der Waals surface area contributed by atoms with Crippen molar-refractivity contribution in [2.75, 3.05) is 0 Å². The molecular formula is C8H5ClN4O3. The van der Waals surface area contributed by atoms with Crippen molar-refractivity contribution in [1.82, 2.24) is 0 Å². The minimum absolute atomic E-state index is 0.0532. The Kier molecular flexibility index (Phi) is 3.44. The highest BCUT2D eigenvalue weighted by Gasteiger charge is 2.18. The number of nitrogens with zero attached hydrogens (tertiary/aromatic N) is 4. The predicted octanol–water partition coefficient (Wildman–Crippen LogP) is 3.22. The van der Waals surface area contributed by atoms with E-state index in [-0.39, 0.29) is 22.5 Å². The monoisotopic (exact) mass is 240 g/mol. The molecule has 7 nitrogen and oxygen atoms in total. The van der Waals surface area contributed by atoms with Gasteiger partial charge in [0.25, 0.3) is 10.9 Å². The van der Waals surface area contributed by atoms with Crippen LogP contribution in [-0.2, 0) is 0 Å². The summed E-state index contributed by atoms with van der Waals surface area (Å²) in [6.07, 6.45) is 0. The highest BCUT2D eigenvalue weighted by molar-refractivity contribution is 6.68. The maximum Gasteiger partial charge on any atom is 0.272 e. The van der Waals surface area contributed by atoms with Crippen LogP contribution in [0.3, 0.4) is 0 Å². The lowest BCUT2D eigenvalue weighted by molar-refractivity contribution is -0.385. The number of carbonyl (C=O) groups excluding carboxylic acids is 1. The number of carbonyl (C=O) groups is 1. The van der Waals surface area contributed by atoms with Gasteiger partial charge in [0.05, 0.1) is 10.6 Å². The number of rotatable bonds is 3. The Balaban J connectivity index is 3.60. The molecule has 0 saturated carbocycles. The zero-order valence-corrected chi connectivity index (χ0v) is 8.80. The Morgan fingerprint density at radius 1 is 1.62 bits per heavy atom. The molecule has 0 aliphatic heterocycles. The maximum atomic E-state index is 11.0. The highest BCUT2D eigenvalue weighted by atomic mass is 35.5. The van der Waals surface area contributed by atoms with Gasteiger partial charge in [-0.1, -0.05) is 5.11 Å². The second-order valence-corrected chi connectivity index (χ2v) is 3.17. The van der Waals surface area contributed by atoms with Crippen LogP contribution in [0.25, 0.3) is 10.4 Å². The molecule has 0 aromatic heterocycles. The Morgan fingerprint density at radius 2 is 2.25 bits per heavy atom. The van der Waals surface area contributed by atoms with Gasteiger partial charge in [-0.25, -0.2) is 0 Å². The lowest BCUT2D eigenvalue weighted by atomic mass is 10.1. The molecule has 0 saturated heterocycles. The summed E-state index contributed by atoms with van der Waals surface area (Å²) < 4.78 is 0. The van der Waals surface area contributed by atoms with Crippen LogP contribution < -0.4 is 0 Å². The first-order valence-corrected chi connectivity index (χ1v) is 4.39. The van der Waals surface area contributed by atoms with Gasteiger partial charge in [-0.15, -0.1) is 0 Å². The molecule has 1 rings (SSSR count). The number of azide groups is 1. The normalized spacial score (nSPS) is 9.38. The summed E-state index contributed by atoms with van der Waals surface area (Å²) in [7, 11) is 0. The smallest absolute Gasteiger partial charge is 0.272 e. The molecule has 82 valence electrons. The van der Waals surface area contributed by atoms with E-state index >= 15 is 0 Å². The lowest BCUT2D eigenvalue weighted by Crippen LogP contribution is -1.96. The molecule has 0 aliphatic rings. The highest BCUT2D eigenvalue weighted by Crippen LogP contribution is 2.32. The Hall–Kier alpha value is -2.11. The van der Waals surface area contributed by atoms with Crippen molar-refractivity contribution in [2.45, 2.75) is 6.92 Å². The van der Waals surface area contributed by atoms with E-state index in [2.05, 4.69) is 10.0 Å². The largest absolute Gasteiger partial charge is 0.276 e. The van der Waals surface area contributed by atoms with Crippen molar-refractivity contribution < 1.29 is 9.72 Å². The average molecular weight is 241 g/mol. The van der Waals surface area contributed by atoms with E-state index < -0.39 is 10.2 Å². The van der Waals surface area contributed by atoms with Crippen LogP contribution in [0.15, 0.2) is 17.2 Å². The molecule has 0 amide bonds. The van der Waals surface area contributed by atoms with Gasteiger partial charge in [-0.2, -0.15) is 0 Å². The molecule has 0 unspecified atom stereocenters. The zero-order chi connectivity index (χ0) is 12.3. The summed E-state index contributed by atoms with van der Waals surface area (Å²) in [5.74, 6) is 0. The number of halogens is 1. The minimum Gasteiger partial charge on any atom is -0.276 e. The van der Waals surface area contributed by atoms with Gasteiger partial charge >= 0.3 is 0 Å². The molecule has 8 heteroatoms. The maximum absolute atomic E-state index is 11.0. The molecule has 0 heterocycles. The molecule has 1 aromatic carbocycles. The molecule has 0 atom stereocenters. The third-order valence-corrected chi connectivity index (χ3v) is 2.16. The molecule has 0 aliphatic carbocycles. The molecule has 0 radical (unpaired) electrons. The van der Waals surface area contributed by atoms with Gasteiger partial charge < -0.3 is 0 Å². The average Bonchev–Trinajstić information content (AvgIpc) is 2.20. The summed E-state index contributed by atoms with van der Waals surface area (Å²) in [5, 5.41) is 13.0. The van der Waals surface area contributed by atoms with E-state index in [1.165, 1.54) is 6.92 Å². The fourth-order valence-corrected chi connectivity index (χ4v) is 1.37. The summed E-state index contributed by atoms with van der Waals surface area (Å²) in [5.41, 5.74) is 8.02. The van der Waals surface area contributed by atoms with Crippen molar-refractivity contribution in [2.24, 2.45) is 5.11 Å². The lowest BCUT2D eigenvalue weighted by Gasteiger charge is -2.04. The second kappa shape index (κ2) is 4.61. The minimum atomic E-state index is -0.833. The topological polar surface area (TPSA) is 109 Å². The van der Waals surface area contributed by atoms with Crippen LogP contribution in [0.2, 0.25) is 0 Å². The van der Waals surface area contributed by atoms with E-state index in [0.717, 1.165) is 12.1 Å². The van der Waals surface area contributed by atoms with Crippen molar-refractivity contribution in [3.8, 4) is 0 Å². The third kappa shape index (κ3) is 2.10. The third-order valence-electron chi connectivity index (χ3n) is 1.96. The summed E-state index contributed by atoms with van der Waals surface area (Å²) in [6.45, 7) is 1.38. The fourth-order valence-electron chi connectivity index (χ4n) is 1.22. The SMILES string of the molecule is Cc1c([N+](=O)[O-])ccc(C(=O)Cl)c1N=[N+]=[N-]. The van der Waals surface area contributed by atoms with Crippen LogP contribution in [0, 0.1) is 17.0 Å². The van der Waals surface area contributed by atoms with Gasteiger partial charge in [-0.3, -0.25) is 14.9 Å². The molecule has 1 aromatic rings. The molecule has 16 heavy (non-hydrogen) atoms. The van der Waals surface area contributed by atoms with Crippen LogP contribution in [-0.4, -0.2) is 10.2 Å². The zero-order valence-electron chi connectivity index (χ0n) is 8.05. The summed E-state index contributed by atoms with van der Waals surface area (Å²) >= 11 is 5.26. The summed E-state index contributed by atoms with van der Waals surface area (Å²) in [6, 6.07) is 2.30. The molecular weight excluding hydrogens is 236 g/mol. The standard InChI is InChI=1S/C8H5ClN4O3/c1-4-6(13(15)16)3-2-5(8(9)14)7(4)11-12-10/h2-3H,1H3. The van der Waals surface area contributed by atoms with Crippen molar-refractivity contribution in [3.05, 3.63) is 43.8 Å². The van der Waals surface area contributed by atoms with E-state index in [9.17, 15) is 14.9 Å². The molecule has 0 N–H and O–H groups in total. The van der Waals surface area contributed by atoms with E-state index in [1.807, 2.05) is 0 Å². The quantitative estimate of drug-likeness (QED) is 0.202. The van der Waals surface area contributed by atoms with E-state index in [4.69, 9.17) is 17.1 Å². The fraction of sp³-hybridized carbons (Fsp3) is 0.125. The summed E-state index contributed by atoms with van der Waals surface area (Å²) in [4.78, 5) is 23.5. The number of hydrogen-bond donors (Lipinski definition) is 0. The first-order chi connectivity index (χ1) is 7.49. The van der Waals surface area contributed by atoms with Crippen molar-refractivity contribution in [3.63, 3.8) is 0 Å². The number of nitro groups is 1. The van der Waals surface area contributed by atoms with Crippen molar-refractivity contribution >= 4 is 28.2 Å². The van der Waals surface area contributed by atoms with Crippen LogP contribution in [0.4, 0.5) is 11.4 Å². The van der Waals surface area contributed by atoms with E-state index in [1.54, 1.807) is 0 Å². The Labute approximate surface area is 94.4 Å². The van der Waals surface area contributed by atoms with Gasteiger partial charge in [0, 0.05) is 22.1 Å². The van der Waals surface area contributed by atoms with E-state index in [0.29, 0.717) is 0 Å². The Bertz CT molecular complexity index is 522. The van der Waals surface area contributed by atoms with Gasteiger partial charge in [-0.05, 0) is 30.1 Å². The number of nitro benzene ring substituents is 1. The van der Waals surface area contributed by atoms with Crippen LogP contribution >= 0.6 is 11.6 Å². The first-order valence-electron chi connectivity index (χ1n) is 4.02.